The predicted molar refractivity (Wildman–Crippen MR) is 54.1 cm³/mol. The van der Waals surface area contributed by atoms with Crippen LogP contribution >= 0.6 is 0 Å². The largest absolute Gasteiger partial charge is 0.481 e. The van der Waals surface area contributed by atoms with Crippen molar-refractivity contribution in [1.82, 2.24) is 0 Å². The lowest BCUT2D eigenvalue weighted by Crippen LogP contribution is -2.30. The van der Waals surface area contributed by atoms with Crippen molar-refractivity contribution in [3.8, 4) is 0 Å². The lowest BCUT2D eigenvalue weighted by molar-refractivity contribution is -0.138. The Balaban J connectivity index is 2.38. The highest BCUT2D eigenvalue weighted by molar-refractivity contribution is 5.66. The molecule has 1 aliphatic carbocycles. The lowest BCUT2D eigenvalue weighted by Gasteiger charge is -2.29. The van der Waals surface area contributed by atoms with Crippen LogP contribution in [0, 0.1) is 0 Å². The van der Waals surface area contributed by atoms with Crippen molar-refractivity contribution in [2.75, 3.05) is 0 Å². The molecule has 0 atom stereocenters. The third-order valence-corrected chi connectivity index (χ3v) is 3.09. The van der Waals surface area contributed by atoms with Crippen molar-refractivity contribution in [3.05, 3.63) is 0 Å². The van der Waals surface area contributed by atoms with Crippen LogP contribution in [0.4, 0.5) is 0 Å². The van der Waals surface area contributed by atoms with Crippen LogP contribution in [-0.4, -0.2) is 21.8 Å². The van der Waals surface area contributed by atoms with Crippen LogP contribution in [-0.2, 0) is 4.79 Å². The van der Waals surface area contributed by atoms with Gasteiger partial charge in [-0.3, -0.25) is 4.79 Å². The van der Waals surface area contributed by atoms with Crippen molar-refractivity contribution in [3.63, 3.8) is 0 Å². The van der Waals surface area contributed by atoms with Crippen LogP contribution in [0.25, 0.3) is 0 Å². The average molecular weight is 200 g/mol. The molecule has 3 nitrogen and oxygen atoms in total. The third kappa shape index (κ3) is 4.09. The SMILES string of the molecule is O=C(O)CCC1(O)CCCCCCC1. The molecule has 0 bridgehead atoms. The Hall–Kier alpha value is -0.570. The molecule has 1 saturated carbocycles. The van der Waals surface area contributed by atoms with E-state index in [2.05, 4.69) is 0 Å². The minimum atomic E-state index is -0.805. The number of aliphatic carboxylic acids is 1. The molecule has 0 radical (unpaired) electrons. The first-order chi connectivity index (χ1) is 6.62. The Morgan fingerprint density at radius 3 is 2.07 bits per heavy atom. The van der Waals surface area contributed by atoms with Crippen LogP contribution in [0.15, 0.2) is 0 Å². The van der Waals surface area contributed by atoms with Gasteiger partial charge in [-0.15, -0.1) is 0 Å². The molecule has 0 aromatic heterocycles. The van der Waals surface area contributed by atoms with E-state index in [1.807, 2.05) is 0 Å². The van der Waals surface area contributed by atoms with Gasteiger partial charge >= 0.3 is 5.97 Å². The van der Waals surface area contributed by atoms with Crippen LogP contribution in [0.5, 0.6) is 0 Å². The highest BCUT2D eigenvalue weighted by Crippen LogP contribution is 2.29. The highest BCUT2D eigenvalue weighted by Gasteiger charge is 2.27. The van der Waals surface area contributed by atoms with E-state index >= 15 is 0 Å². The molecule has 0 saturated heterocycles. The summed E-state index contributed by atoms with van der Waals surface area (Å²) in [6, 6.07) is 0. The van der Waals surface area contributed by atoms with E-state index in [1.54, 1.807) is 0 Å². The smallest absolute Gasteiger partial charge is 0.303 e. The summed E-state index contributed by atoms with van der Waals surface area (Å²) >= 11 is 0. The van der Waals surface area contributed by atoms with Gasteiger partial charge in [-0.05, 0) is 19.3 Å². The van der Waals surface area contributed by atoms with Gasteiger partial charge in [0.2, 0.25) is 0 Å². The number of hydrogen-bond acceptors (Lipinski definition) is 2. The van der Waals surface area contributed by atoms with Crippen molar-refractivity contribution in [2.45, 2.75) is 63.4 Å². The molecule has 82 valence electrons. The molecule has 0 aromatic carbocycles. The maximum Gasteiger partial charge on any atom is 0.303 e. The second-order valence-electron chi connectivity index (χ2n) is 4.39. The zero-order valence-electron chi connectivity index (χ0n) is 8.67. The Labute approximate surface area is 85.1 Å². The minimum Gasteiger partial charge on any atom is -0.481 e. The number of aliphatic hydroxyl groups is 1. The first-order valence-corrected chi connectivity index (χ1v) is 5.57. The van der Waals surface area contributed by atoms with E-state index in [4.69, 9.17) is 5.11 Å². The van der Waals surface area contributed by atoms with Crippen LogP contribution in [0.1, 0.15) is 57.8 Å². The van der Waals surface area contributed by atoms with Crippen molar-refractivity contribution in [1.29, 1.82) is 0 Å². The number of carboxylic acids is 1. The molecular formula is C11H20O3. The summed E-state index contributed by atoms with van der Waals surface area (Å²) < 4.78 is 0. The Morgan fingerprint density at radius 2 is 1.57 bits per heavy atom. The quantitative estimate of drug-likeness (QED) is 0.735. The maximum absolute atomic E-state index is 10.4. The Bertz CT molecular complexity index is 181. The molecule has 0 amide bonds. The number of carboxylic acid groups (broad SMARTS) is 1. The molecule has 0 spiro atoms. The second-order valence-corrected chi connectivity index (χ2v) is 4.39. The van der Waals surface area contributed by atoms with Gasteiger partial charge in [0.15, 0.2) is 0 Å². The topological polar surface area (TPSA) is 57.5 Å². The van der Waals surface area contributed by atoms with Gasteiger partial charge in [0.1, 0.15) is 0 Å². The zero-order valence-corrected chi connectivity index (χ0v) is 8.67. The number of hydrogen-bond donors (Lipinski definition) is 2. The summed E-state index contributed by atoms with van der Waals surface area (Å²) in [6.07, 6.45) is 7.76. The monoisotopic (exact) mass is 200 g/mol. The van der Waals surface area contributed by atoms with E-state index in [0.717, 1.165) is 25.7 Å². The van der Waals surface area contributed by atoms with Gasteiger partial charge in [-0.2, -0.15) is 0 Å². The molecule has 3 heteroatoms. The highest BCUT2D eigenvalue weighted by atomic mass is 16.4. The molecule has 14 heavy (non-hydrogen) atoms. The van der Waals surface area contributed by atoms with Gasteiger partial charge in [-0.25, -0.2) is 0 Å². The standard InChI is InChI=1S/C11H20O3/c12-10(13)6-9-11(14)7-4-2-1-3-5-8-11/h14H,1-9H2,(H,12,13). The molecule has 1 fully saturated rings. The normalized spacial score (nSPS) is 22.4. The first kappa shape index (κ1) is 11.5. The summed E-state index contributed by atoms with van der Waals surface area (Å²) in [7, 11) is 0. The molecule has 0 aromatic rings. The molecule has 2 N–H and O–H groups in total. The fourth-order valence-corrected chi connectivity index (χ4v) is 2.15. The number of carbonyl (C=O) groups is 1. The van der Waals surface area contributed by atoms with Crippen LogP contribution in [0.3, 0.4) is 0 Å². The van der Waals surface area contributed by atoms with E-state index < -0.39 is 11.6 Å². The fourth-order valence-electron chi connectivity index (χ4n) is 2.15. The van der Waals surface area contributed by atoms with Crippen LogP contribution < -0.4 is 0 Å². The molecule has 1 rings (SSSR count). The second kappa shape index (κ2) is 5.35. The Kier molecular flexibility index (Phi) is 4.39. The summed E-state index contributed by atoms with van der Waals surface area (Å²) in [4.78, 5) is 10.4. The predicted octanol–water partition coefficient (Wildman–Crippen LogP) is 2.33. The van der Waals surface area contributed by atoms with Crippen molar-refractivity contribution < 1.29 is 15.0 Å². The lowest BCUT2D eigenvalue weighted by atomic mass is 9.84. The summed E-state index contributed by atoms with van der Waals surface area (Å²) in [5, 5.41) is 18.7. The minimum absolute atomic E-state index is 0.0937. The van der Waals surface area contributed by atoms with Gasteiger partial charge in [0.25, 0.3) is 0 Å². The summed E-state index contributed by atoms with van der Waals surface area (Å²) in [6.45, 7) is 0. The molecule has 0 heterocycles. The first-order valence-electron chi connectivity index (χ1n) is 5.57. The van der Waals surface area contributed by atoms with Gasteiger partial charge in [-0.1, -0.05) is 32.1 Å². The maximum atomic E-state index is 10.4. The molecule has 0 unspecified atom stereocenters. The van der Waals surface area contributed by atoms with Gasteiger partial charge < -0.3 is 10.2 Å². The Morgan fingerprint density at radius 1 is 1.07 bits per heavy atom. The van der Waals surface area contributed by atoms with E-state index in [0.29, 0.717) is 6.42 Å². The fraction of sp³-hybridized carbons (Fsp3) is 0.909. The number of rotatable bonds is 3. The zero-order chi connectivity index (χ0) is 10.4. The molecule has 1 aliphatic rings. The average Bonchev–Trinajstić information content (AvgIpc) is 2.09. The van der Waals surface area contributed by atoms with E-state index in [9.17, 15) is 9.90 Å². The van der Waals surface area contributed by atoms with Crippen LogP contribution in [0.2, 0.25) is 0 Å². The summed E-state index contributed by atoms with van der Waals surface area (Å²) in [5.41, 5.74) is -0.696. The van der Waals surface area contributed by atoms with Gasteiger partial charge in [0.05, 0.1) is 5.60 Å². The third-order valence-electron chi connectivity index (χ3n) is 3.09. The van der Waals surface area contributed by atoms with E-state index in [1.165, 1.54) is 19.3 Å². The molecular weight excluding hydrogens is 180 g/mol. The van der Waals surface area contributed by atoms with E-state index in [-0.39, 0.29) is 6.42 Å². The van der Waals surface area contributed by atoms with Gasteiger partial charge in [0, 0.05) is 6.42 Å². The van der Waals surface area contributed by atoms with Crippen molar-refractivity contribution >= 4 is 5.97 Å². The van der Waals surface area contributed by atoms with Crippen molar-refractivity contribution in [2.24, 2.45) is 0 Å². The summed E-state index contributed by atoms with van der Waals surface area (Å²) in [5.74, 6) is -0.805. The molecule has 0 aliphatic heterocycles.